The molecule has 1 heterocycles. The first-order valence-electron chi connectivity index (χ1n) is 9.46. The maximum Gasteiger partial charge on any atom is 0.261 e. The number of benzene rings is 2. The summed E-state index contributed by atoms with van der Waals surface area (Å²) < 4.78 is 37.9. The van der Waals surface area contributed by atoms with Crippen LogP contribution in [0.3, 0.4) is 0 Å². The first-order chi connectivity index (χ1) is 14.9. The lowest BCUT2D eigenvalue weighted by atomic mass is 10.0. The average molecular weight is 445 g/mol. The number of hydrogen-bond donors (Lipinski definition) is 3. The van der Waals surface area contributed by atoms with E-state index in [-0.39, 0.29) is 16.9 Å². The third kappa shape index (κ3) is 4.72. The average Bonchev–Trinajstić information content (AvgIpc) is 2.76. The molecule has 0 aliphatic carbocycles. The van der Waals surface area contributed by atoms with E-state index in [4.69, 9.17) is 10.1 Å². The van der Waals surface area contributed by atoms with E-state index in [1.807, 2.05) is 13.0 Å². The SMILES string of the molecule is CCSNc1ccc(Oc2ccc(F)cc2F)c(-c2cn(C)c(=O)c(C=N)c2NC)c1. The summed E-state index contributed by atoms with van der Waals surface area (Å²) in [6.45, 7) is 2.01. The van der Waals surface area contributed by atoms with Crippen LogP contribution in [0.15, 0.2) is 47.4 Å². The zero-order valence-electron chi connectivity index (χ0n) is 17.3. The van der Waals surface area contributed by atoms with Gasteiger partial charge < -0.3 is 24.8 Å². The summed E-state index contributed by atoms with van der Waals surface area (Å²) in [5, 5.41) is 10.7. The number of halogens is 2. The van der Waals surface area contributed by atoms with Crippen LogP contribution in [0.1, 0.15) is 12.5 Å². The van der Waals surface area contributed by atoms with Crippen LogP contribution in [-0.2, 0) is 7.05 Å². The predicted molar refractivity (Wildman–Crippen MR) is 123 cm³/mol. The van der Waals surface area contributed by atoms with E-state index in [1.54, 1.807) is 32.4 Å². The lowest BCUT2D eigenvalue weighted by molar-refractivity contribution is 0.439. The normalized spacial score (nSPS) is 10.6. The number of nitrogens with zero attached hydrogens (tertiary/aromatic N) is 1. The van der Waals surface area contributed by atoms with Crippen molar-refractivity contribution in [2.75, 3.05) is 22.8 Å². The van der Waals surface area contributed by atoms with Gasteiger partial charge in [-0.1, -0.05) is 18.9 Å². The van der Waals surface area contributed by atoms with Crippen LogP contribution >= 0.6 is 11.9 Å². The summed E-state index contributed by atoms with van der Waals surface area (Å²) in [5.74, 6) is -0.511. The topological polar surface area (TPSA) is 79.1 Å². The fourth-order valence-corrected chi connectivity index (χ4v) is 3.53. The maximum absolute atomic E-state index is 14.2. The molecule has 0 saturated heterocycles. The second kappa shape index (κ2) is 9.65. The number of anilines is 2. The van der Waals surface area contributed by atoms with Crippen LogP contribution in [0.5, 0.6) is 11.5 Å². The highest BCUT2D eigenvalue weighted by atomic mass is 32.2. The molecule has 2 aromatic carbocycles. The highest BCUT2D eigenvalue weighted by Gasteiger charge is 2.19. The molecule has 0 fully saturated rings. The molecule has 0 unspecified atom stereocenters. The number of nitrogens with one attached hydrogen (secondary N) is 3. The Hall–Kier alpha value is -3.33. The van der Waals surface area contributed by atoms with Gasteiger partial charge in [-0.2, -0.15) is 0 Å². The van der Waals surface area contributed by atoms with Gasteiger partial charge in [0, 0.05) is 55.1 Å². The molecule has 0 bridgehead atoms. The molecule has 1 aromatic heterocycles. The van der Waals surface area contributed by atoms with E-state index < -0.39 is 11.6 Å². The number of ether oxygens (including phenoxy) is 1. The molecule has 162 valence electrons. The first-order valence-corrected chi connectivity index (χ1v) is 10.4. The van der Waals surface area contributed by atoms with Crippen LogP contribution in [0.2, 0.25) is 0 Å². The molecule has 6 nitrogen and oxygen atoms in total. The summed E-state index contributed by atoms with van der Waals surface area (Å²) in [6.07, 6.45) is 2.62. The Bertz CT molecular complexity index is 1180. The Morgan fingerprint density at radius 3 is 2.55 bits per heavy atom. The van der Waals surface area contributed by atoms with Crippen molar-refractivity contribution < 1.29 is 13.5 Å². The van der Waals surface area contributed by atoms with Gasteiger partial charge >= 0.3 is 0 Å². The van der Waals surface area contributed by atoms with Gasteiger partial charge in [0.1, 0.15) is 11.6 Å². The summed E-state index contributed by atoms with van der Waals surface area (Å²) in [5.41, 5.74) is 2.23. The van der Waals surface area contributed by atoms with Crippen LogP contribution in [0.4, 0.5) is 20.2 Å². The molecule has 0 spiro atoms. The van der Waals surface area contributed by atoms with E-state index in [1.165, 1.54) is 22.6 Å². The number of rotatable bonds is 8. The zero-order chi connectivity index (χ0) is 22.5. The van der Waals surface area contributed by atoms with Crippen LogP contribution in [0, 0.1) is 17.0 Å². The molecule has 0 atom stereocenters. The third-order valence-corrected chi connectivity index (χ3v) is 5.19. The molecule has 3 aromatic rings. The van der Waals surface area contributed by atoms with Gasteiger partial charge in [0.25, 0.3) is 5.56 Å². The molecule has 3 rings (SSSR count). The standard InChI is InChI=1S/C22H22F2N4O2S/c1-4-31-27-14-6-8-19(30-20-7-5-13(23)9-18(20)24)15(10-14)17-12-28(3)22(29)16(11-25)21(17)26-2/h5-12,25-27H,4H2,1-3H3. The minimum atomic E-state index is -0.829. The zero-order valence-corrected chi connectivity index (χ0v) is 18.1. The van der Waals surface area contributed by atoms with Gasteiger partial charge in [0.2, 0.25) is 0 Å². The number of hydrogen-bond acceptors (Lipinski definition) is 6. The summed E-state index contributed by atoms with van der Waals surface area (Å²) in [7, 11) is 3.24. The van der Waals surface area contributed by atoms with Gasteiger partial charge in [-0.25, -0.2) is 8.78 Å². The van der Waals surface area contributed by atoms with Crippen molar-refractivity contribution in [1.82, 2.24) is 4.57 Å². The number of pyridine rings is 1. The fraction of sp³-hybridized carbons (Fsp3) is 0.182. The quantitative estimate of drug-likeness (QED) is 0.327. The lowest BCUT2D eigenvalue weighted by Gasteiger charge is -2.18. The van der Waals surface area contributed by atoms with Crippen molar-refractivity contribution in [2.24, 2.45) is 7.05 Å². The van der Waals surface area contributed by atoms with Crippen LogP contribution in [-0.4, -0.2) is 23.6 Å². The van der Waals surface area contributed by atoms with Crippen molar-refractivity contribution in [1.29, 1.82) is 5.41 Å². The second-order valence-electron chi connectivity index (χ2n) is 6.56. The van der Waals surface area contributed by atoms with E-state index in [2.05, 4.69) is 10.0 Å². The Morgan fingerprint density at radius 1 is 1.16 bits per heavy atom. The predicted octanol–water partition coefficient (Wildman–Crippen LogP) is 5.24. The first kappa shape index (κ1) is 22.4. The van der Waals surface area contributed by atoms with Gasteiger partial charge in [-0.15, -0.1) is 0 Å². The van der Waals surface area contributed by atoms with Crippen molar-refractivity contribution in [3.8, 4) is 22.6 Å². The summed E-state index contributed by atoms with van der Waals surface area (Å²) >= 11 is 1.50. The molecule has 0 saturated carbocycles. The Morgan fingerprint density at radius 2 is 1.90 bits per heavy atom. The minimum Gasteiger partial charge on any atom is -0.454 e. The monoisotopic (exact) mass is 444 g/mol. The van der Waals surface area contributed by atoms with Crippen molar-refractivity contribution in [3.05, 3.63) is 70.1 Å². The van der Waals surface area contributed by atoms with E-state index in [0.29, 0.717) is 22.6 Å². The second-order valence-corrected chi connectivity index (χ2v) is 7.63. The van der Waals surface area contributed by atoms with E-state index >= 15 is 0 Å². The molecule has 0 amide bonds. The molecular formula is C22H22F2N4O2S. The van der Waals surface area contributed by atoms with Gasteiger partial charge in [0.15, 0.2) is 11.6 Å². The Kier molecular flexibility index (Phi) is 6.96. The van der Waals surface area contributed by atoms with Gasteiger partial charge in [0.05, 0.1) is 11.3 Å². The molecular weight excluding hydrogens is 422 g/mol. The Balaban J connectivity index is 2.22. The molecule has 0 radical (unpaired) electrons. The minimum absolute atomic E-state index is 0.130. The highest BCUT2D eigenvalue weighted by Crippen LogP contribution is 2.40. The lowest BCUT2D eigenvalue weighted by Crippen LogP contribution is -2.22. The van der Waals surface area contributed by atoms with E-state index in [9.17, 15) is 13.6 Å². The van der Waals surface area contributed by atoms with Gasteiger partial charge in [-0.3, -0.25) is 4.79 Å². The van der Waals surface area contributed by atoms with E-state index in [0.717, 1.165) is 29.8 Å². The highest BCUT2D eigenvalue weighted by molar-refractivity contribution is 8.00. The number of aryl methyl sites for hydroxylation is 1. The molecule has 9 heteroatoms. The van der Waals surface area contributed by atoms with Gasteiger partial charge in [-0.05, 0) is 30.3 Å². The largest absolute Gasteiger partial charge is 0.454 e. The van der Waals surface area contributed by atoms with Crippen LogP contribution in [0.25, 0.3) is 11.1 Å². The molecule has 3 N–H and O–H groups in total. The number of aromatic nitrogens is 1. The smallest absolute Gasteiger partial charge is 0.261 e. The van der Waals surface area contributed by atoms with Crippen molar-refractivity contribution in [3.63, 3.8) is 0 Å². The summed E-state index contributed by atoms with van der Waals surface area (Å²) in [4.78, 5) is 12.5. The van der Waals surface area contributed by atoms with Crippen molar-refractivity contribution >= 4 is 29.5 Å². The molecule has 31 heavy (non-hydrogen) atoms. The molecule has 0 aliphatic rings. The van der Waals surface area contributed by atoms with Crippen molar-refractivity contribution in [2.45, 2.75) is 6.92 Å². The maximum atomic E-state index is 14.2. The molecule has 0 aliphatic heterocycles. The van der Waals surface area contributed by atoms with Crippen LogP contribution < -0.4 is 20.3 Å². The third-order valence-electron chi connectivity index (χ3n) is 4.52. The Labute approximate surface area is 182 Å². The summed E-state index contributed by atoms with van der Waals surface area (Å²) in [6, 6.07) is 8.35. The fourth-order valence-electron chi connectivity index (χ4n) is 3.09.